The van der Waals surface area contributed by atoms with Crippen LogP contribution in [0.5, 0.6) is 0 Å². The molecule has 1 aliphatic heterocycles. The number of esters is 1. The first kappa shape index (κ1) is 13.4. The number of carbonyl (C=O) groups is 1. The van der Waals surface area contributed by atoms with Crippen molar-refractivity contribution in [2.24, 2.45) is 5.92 Å². The van der Waals surface area contributed by atoms with Gasteiger partial charge in [0.15, 0.2) is 0 Å². The number of aliphatic hydroxyl groups is 1. The van der Waals surface area contributed by atoms with Crippen molar-refractivity contribution in [3.8, 4) is 0 Å². The van der Waals surface area contributed by atoms with Crippen LogP contribution in [0, 0.1) is 5.92 Å². The fourth-order valence-electron chi connectivity index (χ4n) is 1.57. The van der Waals surface area contributed by atoms with Crippen molar-refractivity contribution < 1.29 is 24.1 Å². The molecule has 0 bridgehead atoms. The summed E-state index contributed by atoms with van der Waals surface area (Å²) in [5.74, 6) is -1.49. The molecule has 16 heavy (non-hydrogen) atoms. The maximum absolute atomic E-state index is 11.5. The first-order valence-electron chi connectivity index (χ1n) is 5.68. The second kappa shape index (κ2) is 6.18. The molecule has 0 atom stereocenters. The fourth-order valence-corrected chi connectivity index (χ4v) is 1.57. The van der Waals surface area contributed by atoms with Crippen molar-refractivity contribution in [1.82, 2.24) is 0 Å². The molecule has 1 rings (SSSR count). The Morgan fingerprint density at radius 2 is 2.12 bits per heavy atom. The van der Waals surface area contributed by atoms with Crippen LogP contribution in [0.4, 0.5) is 0 Å². The molecular formula is C11H20O5. The molecule has 0 aromatic rings. The normalized spacial score (nSPS) is 30.1. The van der Waals surface area contributed by atoms with Gasteiger partial charge in [-0.15, -0.1) is 0 Å². The number of aliphatic hydroxyl groups excluding tert-OH is 1. The fraction of sp³-hybridized carbons (Fsp3) is 0.909. The molecule has 5 nitrogen and oxygen atoms in total. The maximum atomic E-state index is 11.5. The third-order valence-electron chi connectivity index (χ3n) is 2.61. The summed E-state index contributed by atoms with van der Waals surface area (Å²) in [4.78, 5) is 11.5. The highest BCUT2D eigenvalue weighted by molar-refractivity contribution is 5.77. The summed E-state index contributed by atoms with van der Waals surface area (Å²) in [6.45, 7) is 4.74. The zero-order chi connectivity index (χ0) is 12.0. The zero-order valence-electron chi connectivity index (χ0n) is 9.90. The Morgan fingerprint density at radius 1 is 1.50 bits per heavy atom. The molecule has 1 fully saturated rings. The van der Waals surface area contributed by atoms with E-state index in [0.717, 1.165) is 12.8 Å². The Morgan fingerprint density at radius 3 is 2.62 bits per heavy atom. The van der Waals surface area contributed by atoms with Crippen LogP contribution in [-0.2, 0) is 19.0 Å². The Hall–Kier alpha value is -0.650. The van der Waals surface area contributed by atoms with Crippen LogP contribution in [0.3, 0.4) is 0 Å². The van der Waals surface area contributed by atoms with E-state index in [0.29, 0.717) is 19.8 Å². The smallest absolute Gasteiger partial charge is 0.366 e. The van der Waals surface area contributed by atoms with Gasteiger partial charge < -0.3 is 19.3 Å². The van der Waals surface area contributed by atoms with Crippen LogP contribution in [0.2, 0.25) is 0 Å². The van der Waals surface area contributed by atoms with Gasteiger partial charge in [-0.1, -0.05) is 0 Å². The van der Waals surface area contributed by atoms with Crippen LogP contribution in [-0.4, -0.2) is 43.3 Å². The molecule has 1 heterocycles. The topological polar surface area (TPSA) is 65.0 Å². The van der Waals surface area contributed by atoms with Crippen molar-refractivity contribution >= 4 is 5.97 Å². The number of carbonyl (C=O) groups excluding carboxylic acids is 1. The second-order valence-corrected chi connectivity index (χ2v) is 4.02. The van der Waals surface area contributed by atoms with Gasteiger partial charge in [0.05, 0.1) is 19.8 Å². The van der Waals surface area contributed by atoms with Crippen LogP contribution in [0.15, 0.2) is 0 Å². The van der Waals surface area contributed by atoms with Crippen LogP contribution < -0.4 is 0 Å². The third kappa shape index (κ3) is 3.43. The summed E-state index contributed by atoms with van der Waals surface area (Å²) >= 11 is 0. The van der Waals surface area contributed by atoms with Crippen molar-refractivity contribution in [1.29, 1.82) is 0 Å². The summed E-state index contributed by atoms with van der Waals surface area (Å²) in [5, 5.41) is 8.70. The quantitative estimate of drug-likeness (QED) is 0.707. The lowest BCUT2D eigenvalue weighted by molar-refractivity contribution is -0.274. The molecule has 0 amide bonds. The Bertz CT molecular complexity index is 220. The molecular weight excluding hydrogens is 212 g/mol. The highest BCUT2D eigenvalue weighted by atomic mass is 16.7. The second-order valence-electron chi connectivity index (χ2n) is 4.02. The van der Waals surface area contributed by atoms with Gasteiger partial charge in [0.25, 0.3) is 5.79 Å². The zero-order valence-corrected chi connectivity index (χ0v) is 9.90. The number of hydrogen-bond donors (Lipinski definition) is 1. The van der Waals surface area contributed by atoms with E-state index in [2.05, 4.69) is 0 Å². The summed E-state index contributed by atoms with van der Waals surface area (Å²) < 4.78 is 15.7. The predicted octanol–water partition coefficient (Wildman–Crippen LogP) is 0.701. The molecule has 1 aliphatic rings. The predicted molar refractivity (Wildman–Crippen MR) is 56.8 cm³/mol. The Labute approximate surface area is 95.7 Å². The van der Waals surface area contributed by atoms with Gasteiger partial charge in [-0.05, 0) is 19.8 Å². The number of hydrogen-bond acceptors (Lipinski definition) is 5. The van der Waals surface area contributed by atoms with E-state index in [1.807, 2.05) is 0 Å². The Balaban J connectivity index is 2.37. The summed E-state index contributed by atoms with van der Waals surface area (Å²) in [6, 6.07) is 0. The molecule has 0 aromatic carbocycles. The number of ether oxygens (including phenoxy) is 3. The minimum Gasteiger partial charge on any atom is -0.462 e. The Kier molecular flexibility index (Phi) is 5.18. The van der Waals surface area contributed by atoms with Gasteiger partial charge in [-0.3, -0.25) is 0 Å². The van der Waals surface area contributed by atoms with E-state index in [4.69, 9.17) is 19.3 Å². The van der Waals surface area contributed by atoms with Crippen molar-refractivity contribution in [2.75, 3.05) is 26.4 Å². The summed E-state index contributed by atoms with van der Waals surface area (Å²) in [5.41, 5.74) is 0. The lowest BCUT2D eigenvalue weighted by Crippen LogP contribution is -2.48. The SMILES string of the molecule is CCOC(=O)[C@]1(C)OC[C@H](CCCO)CO1. The lowest BCUT2D eigenvalue weighted by atomic mass is 10.0. The first-order chi connectivity index (χ1) is 7.62. The van der Waals surface area contributed by atoms with E-state index in [-0.39, 0.29) is 12.5 Å². The highest BCUT2D eigenvalue weighted by Gasteiger charge is 2.41. The van der Waals surface area contributed by atoms with E-state index in [1.54, 1.807) is 13.8 Å². The average Bonchev–Trinajstić information content (AvgIpc) is 2.29. The van der Waals surface area contributed by atoms with E-state index >= 15 is 0 Å². The van der Waals surface area contributed by atoms with E-state index in [1.165, 1.54) is 0 Å². The van der Waals surface area contributed by atoms with Crippen LogP contribution in [0.1, 0.15) is 26.7 Å². The van der Waals surface area contributed by atoms with Gasteiger partial charge in [0.2, 0.25) is 0 Å². The molecule has 1 N–H and O–H groups in total. The highest BCUT2D eigenvalue weighted by Crippen LogP contribution is 2.24. The van der Waals surface area contributed by atoms with Gasteiger partial charge in [0.1, 0.15) is 0 Å². The van der Waals surface area contributed by atoms with Gasteiger partial charge in [-0.25, -0.2) is 4.79 Å². The van der Waals surface area contributed by atoms with Crippen LogP contribution >= 0.6 is 0 Å². The van der Waals surface area contributed by atoms with E-state index in [9.17, 15) is 4.79 Å². The van der Waals surface area contributed by atoms with Crippen molar-refractivity contribution in [3.05, 3.63) is 0 Å². The third-order valence-corrected chi connectivity index (χ3v) is 2.61. The van der Waals surface area contributed by atoms with Gasteiger partial charge in [-0.2, -0.15) is 0 Å². The molecule has 5 heteroatoms. The average molecular weight is 232 g/mol. The summed E-state index contributed by atoms with van der Waals surface area (Å²) in [6.07, 6.45) is 1.57. The lowest BCUT2D eigenvalue weighted by Gasteiger charge is -2.35. The standard InChI is InChI=1S/C11H20O5/c1-3-14-10(13)11(2)15-7-9(8-16-11)5-4-6-12/h9,12H,3-8H2,1-2H3/t9-,11+. The maximum Gasteiger partial charge on any atom is 0.366 e. The van der Waals surface area contributed by atoms with Crippen LogP contribution in [0.25, 0.3) is 0 Å². The molecule has 0 radical (unpaired) electrons. The summed E-state index contributed by atoms with van der Waals surface area (Å²) in [7, 11) is 0. The first-order valence-corrected chi connectivity index (χ1v) is 5.68. The molecule has 0 aromatic heterocycles. The largest absolute Gasteiger partial charge is 0.462 e. The van der Waals surface area contributed by atoms with Gasteiger partial charge >= 0.3 is 5.97 Å². The molecule has 94 valence electrons. The minimum absolute atomic E-state index is 0.172. The van der Waals surface area contributed by atoms with Crippen molar-refractivity contribution in [3.63, 3.8) is 0 Å². The monoisotopic (exact) mass is 232 g/mol. The van der Waals surface area contributed by atoms with E-state index < -0.39 is 11.8 Å². The molecule has 1 saturated heterocycles. The molecule has 0 aliphatic carbocycles. The molecule has 0 unspecified atom stereocenters. The number of rotatable bonds is 5. The van der Waals surface area contributed by atoms with Gasteiger partial charge in [0, 0.05) is 19.4 Å². The minimum atomic E-state index is -1.26. The van der Waals surface area contributed by atoms with Crippen molar-refractivity contribution in [2.45, 2.75) is 32.5 Å². The molecule has 0 spiro atoms. The molecule has 0 saturated carbocycles.